The number of fused-ring (bicyclic) bond motifs is 2. The van der Waals surface area contributed by atoms with E-state index in [-0.39, 0.29) is 41.4 Å². The molecule has 0 saturated heterocycles. The smallest absolute Gasteiger partial charge is 0.255 e. The van der Waals surface area contributed by atoms with E-state index < -0.39 is 27.2 Å². The van der Waals surface area contributed by atoms with Crippen LogP contribution in [-0.4, -0.2) is 34.2 Å². The molecule has 0 aliphatic carbocycles. The van der Waals surface area contributed by atoms with Gasteiger partial charge >= 0.3 is 0 Å². The van der Waals surface area contributed by atoms with E-state index in [2.05, 4.69) is 15.0 Å². The number of H-pyrrole nitrogens is 1. The Labute approximate surface area is 181 Å². The Morgan fingerprint density at radius 2 is 1.84 bits per heavy atom. The standard InChI is InChI=1S/C22H16F2N4O3S/c23-16-7-6-14(11-17(16)24)21-26-18-8-10-28(12-15(18)22(29)27-21)32(30,31)19-5-1-3-13-4-2-9-25-20(13)19/h1-7,9,11H,8,10,12H2,(H,26,27,29). The molecule has 4 aromatic rings. The first kappa shape index (κ1) is 20.4. The average Bonchev–Trinajstić information content (AvgIpc) is 2.80. The summed E-state index contributed by atoms with van der Waals surface area (Å²) in [7, 11) is -3.92. The number of nitrogens with zero attached hydrogens (tertiary/aromatic N) is 3. The molecule has 0 spiro atoms. The van der Waals surface area contributed by atoms with Gasteiger partial charge in [-0.15, -0.1) is 0 Å². The third-order valence-electron chi connectivity index (χ3n) is 5.44. The molecule has 162 valence electrons. The lowest BCUT2D eigenvalue weighted by Crippen LogP contribution is -2.39. The van der Waals surface area contributed by atoms with Crippen molar-refractivity contribution in [2.45, 2.75) is 17.9 Å². The number of rotatable bonds is 3. The van der Waals surface area contributed by atoms with Crippen molar-refractivity contribution in [2.24, 2.45) is 0 Å². The summed E-state index contributed by atoms with van der Waals surface area (Å²) >= 11 is 0. The molecule has 0 radical (unpaired) electrons. The van der Waals surface area contributed by atoms with Gasteiger partial charge in [-0.2, -0.15) is 4.31 Å². The maximum atomic E-state index is 13.6. The van der Waals surface area contributed by atoms with Crippen molar-refractivity contribution < 1.29 is 17.2 Å². The highest BCUT2D eigenvalue weighted by atomic mass is 32.2. The number of aromatic nitrogens is 3. The summed E-state index contributed by atoms with van der Waals surface area (Å²) in [6, 6.07) is 11.7. The first-order chi connectivity index (χ1) is 15.3. The minimum atomic E-state index is -3.92. The third kappa shape index (κ3) is 3.37. The Kier molecular flexibility index (Phi) is 4.83. The number of hydrogen-bond donors (Lipinski definition) is 1. The first-order valence-electron chi connectivity index (χ1n) is 9.76. The monoisotopic (exact) mass is 454 g/mol. The Morgan fingerprint density at radius 3 is 2.66 bits per heavy atom. The molecule has 5 rings (SSSR count). The van der Waals surface area contributed by atoms with E-state index in [1.807, 2.05) is 0 Å². The zero-order valence-electron chi connectivity index (χ0n) is 16.5. The molecule has 2 aromatic heterocycles. The molecular formula is C22H16F2N4O3S. The molecule has 10 heteroatoms. The summed E-state index contributed by atoms with van der Waals surface area (Å²) in [5.74, 6) is -1.95. The second kappa shape index (κ2) is 7.57. The van der Waals surface area contributed by atoms with Gasteiger partial charge < -0.3 is 4.98 Å². The lowest BCUT2D eigenvalue weighted by Gasteiger charge is -2.27. The highest BCUT2D eigenvalue weighted by molar-refractivity contribution is 7.89. The van der Waals surface area contributed by atoms with Gasteiger partial charge in [0.25, 0.3) is 5.56 Å². The second-order valence-electron chi connectivity index (χ2n) is 7.39. The Morgan fingerprint density at radius 1 is 1.03 bits per heavy atom. The Hall–Kier alpha value is -3.50. The number of nitrogens with one attached hydrogen (secondary N) is 1. The number of hydrogen-bond acceptors (Lipinski definition) is 5. The van der Waals surface area contributed by atoms with E-state index >= 15 is 0 Å². The minimum absolute atomic E-state index is 0.0712. The maximum Gasteiger partial charge on any atom is 0.255 e. The molecule has 1 N–H and O–H groups in total. The number of benzene rings is 2. The van der Waals surface area contributed by atoms with Crippen LogP contribution in [0.15, 0.2) is 64.4 Å². The largest absolute Gasteiger partial charge is 0.306 e. The van der Waals surface area contributed by atoms with Gasteiger partial charge in [-0.3, -0.25) is 9.78 Å². The first-order valence-corrected chi connectivity index (χ1v) is 11.2. The normalized spacial score (nSPS) is 14.4. The Balaban J connectivity index is 1.52. The zero-order chi connectivity index (χ0) is 22.5. The van der Waals surface area contributed by atoms with Crippen LogP contribution >= 0.6 is 0 Å². The van der Waals surface area contributed by atoms with E-state index in [1.165, 1.54) is 22.6 Å². The predicted octanol–water partition coefficient (Wildman–Crippen LogP) is 3.01. The summed E-state index contributed by atoms with van der Waals surface area (Å²) in [6.07, 6.45) is 1.73. The van der Waals surface area contributed by atoms with Gasteiger partial charge in [0.15, 0.2) is 11.6 Å². The summed E-state index contributed by atoms with van der Waals surface area (Å²) in [4.78, 5) is 24.0. The molecule has 0 saturated carbocycles. The predicted molar refractivity (Wildman–Crippen MR) is 113 cm³/mol. The number of sulfonamides is 1. The number of pyridine rings is 1. The highest BCUT2D eigenvalue weighted by Gasteiger charge is 2.32. The van der Waals surface area contributed by atoms with Gasteiger partial charge in [-0.1, -0.05) is 18.2 Å². The lowest BCUT2D eigenvalue weighted by molar-refractivity contribution is 0.385. The molecule has 7 nitrogen and oxygen atoms in total. The Bertz CT molecular complexity index is 1530. The van der Waals surface area contributed by atoms with Crippen molar-refractivity contribution in [3.8, 4) is 11.4 Å². The molecule has 0 bridgehead atoms. The van der Waals surface area contributed by atoms with Crippen molar-refractivity contribution in [1.82, 2.24) is 19.3 Å². The molecule has 2 aromatic carbocycles. The lowest BCUT2D eigenvalue weighted by atomic mass is 10.1. The quantitative estimate of drug-likeness (QED) is 0.514. The fourth-order valence-corrected chi connectivity index (χ4v) is 5.38. The van der Waals surface area contributed by atoms with Crippen LogP contribution in [0.3, 0.4) is 0 Å². The van der Waals surface area contributed by atoms with Crippen LogP contribution in [0.2, 0.25) is 0 Å². The summed E-state index contributed by atoms with van der Waals surface area (Å²) in [5, 5.41) is 0.696. The van der Waals surface area contributed by atoms with Crippen LogP contribution in [0.5, 0.6) is 0 Å². The SMILES string of the molecule is O=c1[nH]c(-c2ccc(F)c(F)c2)nc2c1CN(S(=O)(=O)c1cccc3cccnc13)CC2. The second-order valence-corrected chi connectivity index (χ2v) is 9.29. The molecule has 3 heterocycles. The van der Waals surface area contributed by atoms with Gasteiger partial charge in [0, 0.05) is 36.7 Å². The molecule has 0 atom stereocenters. The van der Waals surface area contributed by atoms with Crippen molar-refractivity contribution in [2.75, 3.05) is 6.54 Å². The van der Waals surface area contributed by atoms with Crippen LogP contribution in [0, 0.1) is 11.6 Å². The van der Waals surface area contributed by atoms with E-state index in [0.717, 1.165) is 12.1 Å². The number of halogens is 2. The van der Waals surface area contributed by atoms with Crippen LogP contribution < -0.4 is 5.56 Å². The van der Waals surface area contributed by atoms with E-state index in [9.17, 15) is 22.0 Å². The maximum absolute atomic E-state index is 13.6. The summed E-state index contributed by atoms with van der Waals surface area (Å²) < 4.78 is 54.8. The van der Waals surface area contributed by atoms with Gasteiger partial charge in [0.1, 0.15) is 10.7 Å². The van der Waals surface area contributed by atoms with Gasteiger partial charge in [0.2, 0.25) is 10.0 Å². The topological polar surface area (TPSA) is 96.0 Å². The fourth-order valence-electron chi connectivity index (χ4n) is 3.81. The third-order valence-corrected chi connectivity index (χ3v) is 7.32. The van der Waals surface area contributed by atoms with E-state index in [1.54, 1.807) is 24.3 Å². The van der Waals surface area contributed by atoms with Gasteiger partial charge in [-0.05, 0) is 30.3 Å². The van der Waals surface area contributed by atoms with Crippen molar-refractivity contribution in [1.29, 1.82) is 0 Å². The van der Waals surface area contributed by atoms with E-state index in [4.69, 9.17) is 0 Å². The number of aromatic amines is 1. The van der Waals surface area contributed by atoms with Crippen LogP contribution in [0.25, 0.3) is 22.3 Å². The van der Waals surface area contributed by atoms with Crippen molar-refractivity contribution in [3.63, 3.8) is 0 Å². The van der Waals surface area contributed by atoms with Gasteiger partial charge in [0.05, 0.1) is 16.8 Å². The molecule has 0 fully saturated rings. The van der Waals surface area contributed by atoms with Crippen LogP contribution in [0.1, 0.15) is 11.3 Å². The van der Waals surface area contributed by atoms with Gasteiger partial charge in [-0.25, -0.2) is 22.2 Å². The minimum Gasteiger partial charge on any atom is -0.306 e. The molecular weight excluding hydrogens is 438 g/mol. The molecule has 0 amide bonds. The fraction of sp³-hybridized carbons (Fsp3) is 0.136. The molecule has 1 aliphatic heterocycles. The molecule has 1 aliphatic rings. The molecule has 32 heavy (non-hydrogen) atoms. The highest BCUT2D eigenvalue weighted by Crippen LogP contribution is 2.28. The van der Waals surface area contributed by atoms with E-state index in [0.29, 0.717) is 16.6 Å². The van der Waals surface area contributed by atoms with Crippen LogP contribution in [0.4, 0.5) is 8.78 Å². The average molecular weight is 454 g/mol. The summed E-state index contributed by atoms with van der Waals surface area (Å²) in [5.41, 5.74) is 0.711. The van der Waals surface area contributed by atoms with Crippen molar-refractivity contribution >= 4 is 20.9 Å². The van der Waals surface area contributed by atoms with Crippen LogP contribution in [-0.2, 0) is 23.0 Å². The zero-order valence-corrected chi connectivity index (χ0v) is 17.4. The summed E-state index contributed by atoms with van der Waals surface area (Å²) in [6.45, 7) is -0.0342. The van der Waals surface area contributed by atoms with Crippen molar-refractivity contribution in [3.05, 3.63) is 88.0 Å². The number of para-hydroxylation sites is 1. The molecule has 0 unspecified atom stereocenters.